The van der Waals surface area contributed by atoms with Gasteiger partial charge in [-0.1, -0.05) is 44.2 Å². The fourth-order valence-corrected chi connectivity index (χ4v) is 1.79. The van der Waals surface area contributed by atoms with Crippen LogP contribution in [0.5, 0.6) is 0 Å². The lowest BCUT2D eigenvalue weighted by Gasteiger charge is -2.15. The maximum absolute atomic E-state index is 10.1. The standard InChI is InChI=1S/C16H27N3O.HI/c1-4-17-16(18-11-13(2)3)19-12-15(20)10-14-8-6-5-7-9-14;/h5-9,13,15,20H,4,10-12H2,1-3H3,(H2,17,18,19);1H. The molecule has 0 saturated carbocycles. The van der Waals surface area contributed by atoms with E-state index in [1.165, 1.54) is 0 Å². The van der Waals surface area contributed by atoms with Gasteiger partial charge in [0.15, 0.2) is 5.96 Å². The van der Waals surface area contributed by atoms with E-state index in [-0.39, 0.29) is 24.0 Å². The highest BCUT2D eigenvalue weighted by Crippen LogP contribution is 2.02. The van der Waals surface area contributed by atoms with Crippen LogP contribution >= 0.6 is 24.0 Å². The van der Waals surface area contributed by atoms with Gasteiger partial charge in [-0.15, -0.1) is 24.0 Å². The van der Waals surface area contributed by atoms with Gasteiger partial charge in [-0.05, 0) is 18.4 Å². The number of nitrogens with one attached hydrogen (secondary N) is 2. The summed E-state index contributed by atoms with van der Waals surface area (Å²) in [5.41, 5.74) is 1.14. The first-order valence-corrected chi connectivity index (χ1v) is 7.36. The van der Waals surface area contributed by atoms with Crippen molar-refractivity contribution in [3.8, 4) is 0 Å². The van der Waals surface area contributed by atoms with E-state index >= 15 is 0 Å². The number of hydrogen-bond donors (Lipinski definition) is 3. The molecule has 0 heterocycles. The maximum atomic E-state index is 10.1. The first kappa shape index (κ1) is 20.2. The van der Waals surface area contributed by atoms with E-state index in [0.717, 1.165) is 24.6 Å². The molecule has 0 amide bonds. The van der Waals surface area contributed by atoms with E-state index in [9.17, 15) is 5.11 Å². The summed E-state index contributed by atoms with van der Waals surface area (Å²) >= 11 is 0. The molecule has 1 aromatic rings. The van der Waals surface area contributed by atoms with Gasteiger partial charge in [0.2, 0.25) is 0 Å². The zero-order chi connectivity index (χ0) is 14.8. The van der Waals surface area contributed by atoms with Crippen molar-refractivity contribution < 1.29 is 5.11 Å². The Morgan fingerprint density at radius 1 is 1.19 bits per heavy atom. The number of guanidine groups is 1. The molecule has 3 N–H and O–H groups in total. The molecule has 21 heavy (non-hydrogen) atoms. The van der Waals surface area contributed by atoms with Crippen LogP contribution in [0.4, 0.5) is 0 Å². The Balaban J connectivity index is 0.00000400. The number of halogens is 1. The average molecular weight is 405 g/mol. The largest absolute Gasteiger partial charge is 0.391 e. The second kappa shape index (κ2) is 11.8. The van der Waals surface area contributed by atoms with Crippen LogP contribution in [0.2, 0.25) is 0 Å². The first-order chi connectivity index (χ1) is 9.61. The monoisotopic (exact) mass is 405 g/mol. The lowest BCUT2D eigenvalue weighted by Crippen LogP contribution is -2.41. The normalized spacial score (nSPS) is 12.7. The highest BCUT2D eigenvalue weighted by molar-refractivity contribution is 14.0. The van der Waals surface area contributed by atoms with Gasteiger partial charge in [0.05, 0.1) is 6.10 Å². The van der Waals surface area contributed by atoms with E-state index in [1.54, 1.807) is 0 Å². The number of aliphatic hydroxyl groups is 1. The van der Waals surface area contributed by atoms with E-state index < -0.39 is 6.10 Å². The van der Waals surface area contributed by atoms with Crippen molar-refractivity contribution in [1.29, 1.82) is 0 Å². The smallest absolute Gasteiger partial charge is 0.191 e. The Morgan fingerprint density at radius 2 is 1.86 bits per heavy atom. The molecule has 0 bridgehead atoms. The van der Waals surface area contributed by atoms with Crippen molar-refractivity contribution in [3.63, 3.8) is 0 Å². The van der Waals surface area contributed by atoms with Gasteiger partial charge in [0.25, 0.3) is 0 Å². The molecule has 0 aromatic heterocycles. The summed E-state index contributed by atoms with van der Waals surface area (Å²) in [7, 11) is 0. The minimum atomic E-state index is -0.416. The maximum Gasteiger partial charge on any atom is 0.191 e. The van der Waals surface area contributed by atoms with Crippen LogP contribution < -0.4 is 10.6 Å². The summed E-state index contributed by atoms with van der Waals surface area (Å²) in [6.07, 6.45) is 0.234. The van der Waals surface area contributed by atoms with Crippen molar-refractivity contribution in [2.24, 2.45) is 10.9 Å². The molecule has 5 heteroatoms. The molecule has 0 aliphatic heterocycles. The SMILES string of the molecule is CCNC(=NCC(C)C)NCC(O)Cc1ccccc1.I. The Labute approximate surface area is 145 Å². The van der Waals surface area contributed by atoms with Crippen LogP contribution in [0.15, 0.2) is 35.3 Å². The quantitative estimate of drug-likeness (QED) is 0.371. The highest BCUT2D eigenvalue weighted by atomic mass is 127. The first-order valence-electron chi connectivity index (χ1n) is 7.36. The lowest BCUT2D eigenvalue weighted by molar-refractivity contribution is 0.177. The summed E-state index contributed by atoms with van der Waals surface area (Å²) in [5.74, 6) is 1.30. The number of hydrogen-bond acceptors (Lipinski definition) is 2. The zero-order valence-electron chi connectivity index (χ0n) is 13.2. The van der Waals surface area contributed by atoms with E-state index in [0.29, 0.717) is 18.9 Å². The van der Waals surface area contributed by atoms with Crippen molar-refractivity contribution in [2.45, 2.75) is 33.3 Å². The molecule has 0 aliphatic rings. The van der Waals surface area contributed by atoms with Crippen LogP contribution in [0.25, 0.3) is 0 Å². The number of nitrogens with zero attached hydrogens (tertiary/aromatic N) is 1. The van der Waals surface area contributed by atoms with Crippen LogP contribution in [-0.4, -0.2) is 36.8 Å². The molecule has 0 radical (unpaired) electrons. The predicted molar refractivity (Wildman–Crippen MR) is 100 cm³/mol. The van der Waals surface area contributed by atoms with Crippen LogP contribution in [0, 0.1) is 5.92 Å². The van der Waals surface area contributed by atoms with Gasteiger partial charge in [0.1, 0.15) is 0 Å². The number of rotatable bonds is 7. The molecule has 0 aliphatic carbocycles. The molecule has 1 rings (SSSR count). The molecule has 120 valence electrons. The van der Waals surface area contributed by atoms with Gasteiger partial charge in [-0.25, -0.2) is 0 Å². The minimum absolute atomic E-state index is 0. The number of aliphatic imine (C=N–C) groups is 1. The summed E-state index contributed by atoms with van der Waals surface area (Å²) < 4.78 is 0. The molecular weight excluding hydrogens is 377 g/mol. The Morgan fingerprint density at radius 3 is 2.43 bits per heavy atom. The molecule has 0 spiro atoms. The molecule has 0 fully saturated rings. The molecular formula is C16H28IN3O. The van der Waals surface area contributed by atoms with Crippen LogP contribution in [0.1, 0.15) is 26.3 Å². The topological polar surface area (TPSA) is 56.7 Å². The third kappa shape index (κ3) is 9.68. The summed E-state index contributed by atoms with van der Waals surface area (Å²) in [4.78, 5) is 4.48. The van der Waals surface area contributed by atoms with Crippen molar-refractivity contribution in [1.82, 2.24) is 10.6 Å². The van der Waals surface area contributed by atoms with Crippen molar-refractivity contribution in [3.05, 3.63) is 35.9 Å². The summed E-state index contributed by atoms with van der Waals surface area (Å²) in [6.45, 7) is 8.41. The highest BCUT2D eigenvalue weighted by Gasteiger charge is 2.06. The van der Waals surface area contributed by atoms with Gasteiger partial charge in [-0.3, -0.25) is 4.99 Å². The third-order valence-corrected chi connectivity index (χ3v) is 2.78. The Hall–Kier alpha value is -0.820. The molecule has 1 atom stereocenters. The van der Waals surface area contributed by atoms with E-state index in [4.69, 9.17) is 0 Å². The van der Waals surface area contributed by atoms with Gasteiger partial charge in [-0.2, -0.15) is 0 Å². The minimum Gasteiger partial charge on any atom is -0.391 e. The summed E-state index contributed by atoms with van der Waals surface area (Å²) in [6, 6.07) is 10.0. The fraction of sp³-hybridized carbons (Fsp3) is 0.562. The number of aliphatic hydroxyl groups excluding tert-OH is 1. The number of benzene rings is 1. The molecule has 0 saturated heterocycles. The molecule has 4 nitrogen and oxygen atoms in total. The molecule has 1 unspecified atom stereocenters. The lowest BCUT2D eigenvalue weighted by atomic mass is 10.1. The van der Waals surface area contributed by atoms with Crippen LogP contribution in [0.3, 0.4) is 0 Å². The zero-order valence-corrected chi connectivity index (χ0v) is 15.5. The predicted octanol–water partition coefficient (Wildman–Crippen LogP) is 2.42. The van der Waals surface area contributed by atoms with Gasteiger partial charge < -0.3 is 15.7 Å². The van der Waals surface area contributed by atoms with E-state index in [1.807, 2.05) is 37.3 Å². The second-order valence-electron chi connectivity index (χ2n) is 5.34. The third-order valence-electron chi connectivity index (χ3n) is 2.78. The van der Waals surface area contributed by atoms with E-state index in [2.05, 4.69) is 29.5 Å². The van der Waals surface area contributed by atoms with Crippen molar-refractivity contribution in [2.75, 3.05) is 19.6 Å². The summed E-state index contributed by atoms with van der Waals surface area (Å²) in [5, 5.41) is 16.4. The fourth-order valence-electron chi connectivity index (χ4n) is 1.79. The molecule has 1 aromatic carbocycles. The van der Waals surface area contributed by atoms with Crippen molar-refractivity contribution >= 4 is 29.9 Å². The Kier molecular flexibility index (Phi) is 11.3. The second-order valence-corrected chi connectivity index (χ2v) is 5.34. The Bertz CT molecular complexity index is 396. The average Bonchev–Trinajstić information content (AvgIpc) is 2.43. The van der Waals surface area contributed by atoms with Gasteiger partial charge >= 0.3 is 0 Å². The van der Waals surface area contributed by atoms with Crippen LogP contribution in [-0.2, 0) is 6.42 Å². The van der Waals surface area contributed by atoms with Gasteiger partial charge in [0, 0.05) is 26.1 Å².